The molecular formula is C15H24N4O3. The second-order valence-corrected chi connectivity index (χ2v) is 6.21. The van der Waals surface area contributed by atoms with Crippen LogP contribution in [0.25, 0.3) is 0 Å². The summed E-state index contributed by atoms with van der Waals surface area (Å²) in [4.78, 5) is 23.7. The van der Waals surface area contributed by atoms with Crippen molar-refractivity contribution in [3.8, 4) is 0 Å². The average molecular weight is 308 g/mol. The van der Waals surface area contributed by atoms with Crippen LogP contribution in [0, 0.1) is 0 Å². The van der Waals surface area contributed by atoms with Gasteiger partial charge < -0.3 is 9.84 Å². The molecule has 1 saturated heterocycles. The van der Waals surface area contributed by atoms with E-state index in [2.05, 4.69) is 9.97 Å². The van der Waals surface area contributed by atoms with Crippen molar-refractivity contribution in [2.24, 2.45) is 0 Å². The first-order valence-corrected chi connectivity index (χ1v) is 7.53. The van der Waals surface area contributed by atoms with E-state index >= 15 is 0 Å². The number of urea groups is 1. The van der Waals surface area contributed by atoms with Gasteiger partial charge in [0.2, 0.25) is 0 Å². The number of aliphatic hydroxyl groups excluding tert-OH is 1. The topological polar surface area (TPSA) is 78.8 Å². The van der Waals surface area contributed by atoms with Crippen molar-refractivity contribution in [1.29, 1.82) is 0 Å². The SMILES string of the molecule is CCOC1C(O)N(c2cc(C(C)(C)C)ncn2)C(=O)N1CC. The maximum atomic E-state index is 12.5. The van der Waals surface area contributed by atoms with Crippen LogP contribution in [-0.2, 0) is 10.2 Å². The van der Waals surface area contributed by atoms with Gasteiger partial charge in [0.25, 0.3) is 0 Å². The molecule has 122 valence electrons. The van der Waals surface area contributed by atoms with E-state index in [4.69, 9.17) is 4.74 Å². The summed E-state index contributed by atoms with van der Waals surface area (Å²) in [5.41, 5.74) is 0.634. The molecule has 0 aromatic carbocycles. The molecule has 1 N–H and O–H groups in total. The Morgan fingerprint density at radius 2 is 2.00 bits per heavy atom. The zero-order valence-corrected chi connectivity index (χ0v) is 13.8. The van der Waals surface area contributed by atoms with Crippen LogP contribution in [-0.4, -0.2) is 51.6 Å². The Bertz CT molecular complexity index is 544. The zero-order valence-electron chi connectivity index (χ0n) is 13.8. The lowest BCUT2D eigenvalue weighted by Crippen LogP contribution is -2.39. The number of nitrogens with zero attached hydrogens (tertiary/aromatic N) is 4. The molecule has 1 aliphatic rings. The first-order valence-electron chi connectivity index (χ1n) is 7.53. The van der Waals surface area contributed by atoms with Gasteiger partial charge in [0.05, 0.1) is 5.69 Å². The summed E-state index contributed by atoms with van der Waals surface area (Å²) in [5, 5.41) is 10.5. The molecule has 0 saturated carbocycles. The van der Waals surface area contributed by atoms with Gasteiger partial charge in [-0.05, 0) is 13.8 Å². The number of anilines is 1. The Morgan fingerprint density at radius 1 is 1.32 bits per heavy atom. The van der Waals surface area contributed by atoms with Gasteiger partial charge in [-0.25, -0.2) is 19.7 Å². The number of amides is 2. The number of carbonyl (C=O) groups excluding carboxylic acids is 1. The van der Waals surface area contributed by atoms with Crippen LogP contribution in [0.2, 0.25) is 0 Å². The van der Waals surface area contributed by atoms with Crippen LogP contribution in [0.4, 0.5) is 10.6 Å². The predicted octanol–water partition coefficient (Wildman–Crippen LogP) is 1.72. The molecule has 2 unspecified atom stereocenters. The minimum Gasteiger partial charge on any atom is -0.369 e. The van der Waals surface area contributed by atoms with Crippen molar-refractivity contribution in [3.63, 3.8) is 0 Å². The summed E-state index contributed by atoms with van der Waals surface area (Å²) in [7, 11) is 0. The summed E-state index contributed by atoms with van der Waals surface area (Å²) in [6.45, 7) is 10.6. The van der Waals surface area contributed by atoms with Crippen molar-refractivity contribution in [3.05, 3.63) is 18.1 Å². The molecule has 7 nitrogen and oxygen atoms in total. The predicted molar refractivity (Wildman–Crippen MR) is 82.4 cm³/mol. The van der Waals surface area contributed by atoms with E-state index in [1.807, 2.05) is 34.6 Å². The highest BCUT2D eigenvalue weighted by molar-refractivity contribution is 5.94. The van der Waals surface area contributed by atoms with Crippen LogP contribution < -0.4 is 4.90 Å². The minimum absolute atomic E-state index is 0.171. The Morgan fingerprint density at radius 3 is 2.55 bits per heavy atom. The Kier molecular flexibility index (Phi) is 4.67. The van der Waals surface area contributed by atoms with Gasteiger partial charge in [0.1, 0.15) is 12.1 Å². The third-order valence-electron chi connectivity index (χ3n) is 3.62. The number of hydrogen-bond acceptors (Lipinski definition) is 5. The van der Waals surface area contributed by atoms with Gasteiger partial charge >= 0.3 is 6.03 Å². The molecule has 2 amide bonds. The van der Waals surface area contributed by atoms with E-state index in [-0.39, 0.29) is 11.4 Å². The van der Waals surface area contributed by atoms with E-state index < -0.39 is 12.5 Å². The third-order valence-corrected chi connectivity index (χ3v) is 3.62. The maximum absolute atomic E-state index is 12.5. The van der Waals surface area contributed by atoms with Crippen molar-refractivity contribution < 1.29 is 14.6 Å². The van der Waals surface area contributed by atoms with Gasteiger partial charge in [0.15, 0.2) is 12.5 Å². The van der Waals surface area contributed by atoms with E-state index in [0.29, 0.717) is 19.0 Å². The molecule has 2 heterocycles. The van der Waals surface area contributed by atoms with E-state index in [9.17, 15) is 9.90 Å². The molecule has 1 fully saturated rings. The minimum atomic E-state index is -1.09. The molecule has 2 rings (SSSR count). The number of ether oxygens (including phenoxy) is 1. The molecule has 7 heteroatoms. The van der Waals surface area contributed by atoms with Crippen LogP contribution in [0.1, 0.15) is 40.3 Å². The van der Waals surface area contributed by atoms with E-state index in [1.165, 1.54) is 16.1 Å². The van der Waals surface area contributed by atoms with Crippen LogP contribution in [0.5, 0.6) is 0 Å². The highest BCUT2D eigenvalue weighted by Gasteiger charge is 2.46. The maximum Gasteiger partial charge on any atom is 0.330 e. The summed E-state index contributed by atoms with van der Waals surface area (Å²) < 4.78 is 5.51. The number of carbonyl (C=O) groups is 1. The highest BCUT2D eigenvalue weighted by atomic mass is 16.5. The van der Waals surface area contributed by atoms with Crippen LogP contribution >= 0.6 is 0 Å². The largest absolute Gasteiger partial charge is 0.369 e. The summed E-state index contributed by atoms with van der Waals surface area (Å²) in [6, 6.07) is 1.43. The normalized spacial score (nSPS) is 22.5. The van der Waals surface area contributed by atoms with Crippen molar-refractivity contribution >= 4 is 11.8 Å². The highest BCUT2D eigenvalue weighted by Crippen LogP contribution is 2.29. The average Bonchev–Trinajstić information content (AvgIpc) is 2.69. The monoisotopic (exact) mass is 308 g/mol. The standard InChI is InChI=1S/C15H24N4O3/c1-6-18-13(22-7-2)12(20)19(14(18)21)11-8-10(15(3,4)5)16-9-17-11/h8-9,12-13,20H,6-7H2,1-5H3. The number of likely N-dealkylation sites (N-methyl/N-ethyl adjacent to an activating group) is 1. The van der Waals surface area contributed by atoms with Crippen LogP contribution in [0.3, 0.4) is 0 Å². The summed E-state index contributed by atoms with van der Waals surface area (Å²) in [6.07, 6.45) is -0.356. The number of rotatable bonds is 4. The molecule has 0 spiro atoms. The van der Waals surface area contributed by atoms with Gasteiger partial charge in [-0.2, -0.15) is 0 Å². The first kappa shape index (κ1) is 16.6. The Hall–Kier alpha value is -1.73. The van der Waals surface area contributed by atoms with Gasteiger partial charge in [-0.1, -0.05) is 20.8 Å². The fraction of sp³-hybridized carbons (Fsp3) is 0.667. The number of aliphatic hydroxyl groups is 1. The van der Waals surface area contributed by atoms with Gasteiger partial charge in [0, 0.05) is 24.6 Å². The molecular weight excluding hydrogens is 284 g/mol. The Labute approximate surface area is 130 Å². The van der Waals surface area contributed by atoms with E-state index in [1.54, 1.807) is 6.07 Å². The Balaban J connectivity index is 2.38. The fourth-order valence-corrected chi connectivity index (χ4v) is 2.43. The molecule has 1 aromatic rings. The fourth-order valence-electron chi connectivity index (χ4n) is 2.43. The van der Waals surface area contributed by atoms with Crippen molar-refractivity contribution in [1.82, 2.24) is 14.9 Å². The lowest BCUT2D eigenvalue weighted by atomic mass is 9.92. The molecule has 0 radical (unpaired) electrons. The van der Waals surface area contributed by atoms with Crippen molar-refractivity contribution in [2.45, 2.75) is 52.5 Å². The molecule has 0 bridgehead atoms. The van der Waals surface area contributed by atoms with Gasteiger partial charge in [-0.15, -0.1) is 0 Å². The smallest absolute Gasteiger partial charge is 0.330 e. The number of hydrogen-bond donors (Lipinski definition) is 1. The molecule has 2 atom stereocenters. The second-order valence-electron chi connectivity index (χ2n) is 6.21. The van der Waals surface area contributed by atoms with E-state index in [0.717, 1.165) is 5.69 Å². The zero-order chi connectivity index (χ0) is 16.5. The first-order chi connectivity index (χ1) is 10.3. The molecule has 1 aliphatic heterocycles. The summed E-state index contributed by atoms with van der Waals surface area (Å²) in [5.74, 6) is 0.387. The quantitative estimate of drug-likeness (QED) is 0.916. The number of aromatic nitrogens is 2. The molecule has 0 aliphatic carbocycles. The lowest BCUT2D eigenvalue weighted by molar-refractivity contribution is -0.0748. The van der Waals surface area contributed by atoms with Crippen LogP contribution in [0.15, 0.2) is 12.4 Å². The summed E-state index contributed by atoms with van der Waals surface area (Å²) >= 11 is 0. The molecule has 1 aromatic heterocycles. The lowest BCUT2D eigenvalue weighted by Gasteiger charge is -2.23. The third kappa shape index (κ3) is 2.91. The van der Waals surface area contributed by atoms with Crippen molar-refractivity contribution in [2.75, 3.05) is 18.1 Å². The van der Waals surface area contributed by atoms with Gasteiger partial charge in [-0.3, -0.25) is 4.90 Å². The molecule has 22 heavy (non-hydrogen) atoms. The second kappa shape index (κ2) is 6.18.